The largest absolute Gasteiger partial charge is 0.320 e. The van der Waals surface area contributed by atoms with Gasteiger partial charge in [-0.2, -0.15) is 5.10 Å². The minimum atomic E-state index is 0.825. The topological polar surface area (TPSA) is 43.3 Å². The Labute approximate surface area is 92.5 Å². The van der Waals surface area contributed by atoms with Crippen molar-refractivity contribution in [3.63, 3.8) is 0 Å². The Kier molecular flexibility index (Phi) is 2.60. The maximum absolute atomic E-state index is 5.28. The van der Waals surface area contributed by atoms with Crippen LogP contribution in [0.25, 0.3) is 11.3 Å². The van der Waals surface area contributed by atoms with Gasteiger partial charge in [-0.05, 0) is 12.5 Å². The SMILES string of the molecule is Cc1ccc(-c2cs/c(=N/N)n2C)cc1. The Morgan fingerprint density at radius 2 is 1.93 bits per heavy atom. The summed E-state index contributed by atoms with van der Waals surface area (Å²) in [5, 5.41) is 5.78. The number of rotatable bonds is 1. The Hall–Kier alpha value is -1.55. The number of aryl methyl sites for hydroxylation is 1. The molecular weight excluding hydrogens is 206 g/mol. The van der Waals surface area contributed by atoms with Crippen molar-refractivity contribution in [2.75, 3.05) is 0 Å². The van der Waals surface area contributed by atoms with Crippen molar-refractivity contribution in [3.8, 4) is 11.3 Å². The molecule has 0 aliphatic carbocycles. The fraction of sp³-hybridized carbons (Fsp3) is 0.182. The molecule has 2 rings (SSSR count). The predicted molar refractivity (Wildman–Crippen MR) is 63.2 cm³/mol. The minimum Gasteiger partial charge on any atom is -0.320 e. The van der Waals surface area contributed by atoms with Crippen molar-refractivity contribution < 1.29 is 0 Å². The average molecular weight is 219 g/mol. The second-order valence-electron chi connectivity index (χ2n) is 3.46. The summed E-state index contributed by atoms with van der Waals surface area (Å²) in [5.74, 6) is 5.28. The van der Waals surface area contributed by atoms with Gasteiger partial charge in [0.2, 0.25) is 4.80 Å². The number of hydrogen-bond donors (Lipinski definition) is 1. The van der Waals surface area contributed by atoms with Gasteiger partial charge in [0, 0.05) is 12.4 Å². The summed E-state index contributed by atoms with van der Waals surface area (Å²) in [4.78, 5) is 0.825. The van der Waals surface area contributed by atoms with Crippen LogP contribution in [-0.4, -0.2) is 4.57 Å². The highest BCUT2D eigenvalue weighted by Crippen LogP contribution is 2.19. The van der Waals surface area contributed by atoms with Gasteiger partial charge in [0.1, 0.15) is 0 Å². The molecule has 0 radical (unpaired) electrons. The van der Waals surface area contributed by atoms with Crippen LogP contribution in [-0.2, 0) is 7.05 Å². The van der Waals surface area contributed by atoms with E-state index in [1.54, 1.807) is 11.3 Å². The van der Waals surface area contributed by atoms with Crippen LogP contribution in [0.5, 0.6) is 0 Å². The van der Waals surface area contributed by atoms with E-state index in [0.717, 1.165) is 10.5 Å². The van der Waals surface area contributed by atoms with Crippen LogP contribution < -0.4 is 10.6 Å². The molecule has 1 heterocycles. The summed E-state index contributed by atoms with van der Waals surface area (Å²) in [6.45, 7) is 2.08. The van der Waals surface area contributed by atoms with Crippen LogP contribution in [0, 0.1) is 6.92 Å². The maximum atomic E-state index is 5.28. The van der Waals surface area contributed by atoms with E-state index in [4.69, 9.17) is 5.84 Å². The first-order chi connectivity index (χ1) is 7.22. The van der Waals surface area contributed by atoms with E-state index in [2.05, 4.69) is 41.7 Å². The zero-order valence-corrected chi connectivity index (χ0v) is 9.58. The first kappa shape index (κ1) is 9.98. The highest BCUT2D eigenvalue weighted by molar-refractivity contribution is 7.07. The third kappa shape index (κ3) is 1.80. The summed E-state index contributed by atoms with van der Waals surface area (Å²) in [6.07, 6.45) is 0. The van der Waals surface area contributed by atoms with Crippen LogP contribution in [0.1, 0.15) is 5.56 Å². The summed E-state index contributed by atoms with van der Waals surface area (Å²) in [7, 11) is 1.97. The second-order valence-corrected chi connectivity index (χ2v) is 4.29. The monoisotopic (exact) mass is 219 g/mol. The molecule has 0 amide bonds. The molecule has 0 saturated carbocycles. The third-order valence-corrected chi connectivity index (χ3v) is 3.31. The summed E-state index contributed by atoms with van der Waals surface area (Å²) >= 11 is 1.55. The van der Waals surface area contributed by atoms with Gasteiger partial charge in [-0.1, -0.05) is 29.8 Å². The second kappa shape index (κ2) is 3.90. The first-order valence-electron chi connectivity index (χ1n) is 4.68. The number of nitrogens with two attached hydrogens (primary N) is 1. The van der Waals surface area contributed by atoms with Crippen LogP contribution in [0.4, 0.5) is 0 Å². The fourth-order valence-electron chi connectivity index (χ4n) is 1.47. The van der Waals surface area contributed by atoms with Crippen LogP contribution in [0.3, 0.4) is 0 Å². The lowest BCUT2D eigenvalue weighted by atomic mass is 10.1. The van der Waals surface area contributed by atoms with Crippen LogP contribution in [0.2, 0.25) is 0 Å². The van der Waals surface area contributed by atoms with Crippen LogP contribution >= 0.6 is 11.3 Å². The number of nitrogens with zero attached hydrogens (tertiary/aromatic N) is 2. The van der Waals surface area contributed by atoms with E-state index < -0.39 is 0 Å². The molecular formula is C11H13N3S. The lowest BCUT2D eigenvalue weighted by Crippen LogP contribution is -2.13. The average Bonchev–Trinajstić information content (AvgIpc) is 2.61. The Morgan fingerprint density at radius 1 is 1.27 bits per heavy atom. The molecule has 2 N–H and O–H groups in total. The van der Waals surface area contributed by atoms with Crippen molar-refractivity contribution in [2.45, 2.75) is 6.92 Å². The number of aromatic nitrogens is 1. The Bertz CT molecular complexity index is 520. The Balaban J connectivity index is 2.55. The zero-order chi connectivity index (χ0) is 10.8. The van der Waals surface area contributed by atoms with Crippen molar-refractivity contribution in [1.29, 1.82) is 0 Å². The normalized spacial score (nSPS) is 12.0. The molecule has 0 unspecified atom stereocenters. The molecule has 0 spiro atoms. The van der Waals surface area contributed by atoms with Gasteiger partial charge in [0.25, 0.3) is 0 Å². The van der Waals surface area contributed by atoms with E-state index in [9.17, 15) is 0 Å². The molecule has 3 nitrogen and oxygen atoms in total. The van der Waals surface area contributed by atoms with Crippen molar-refractivity contribution in [1.82, 2.24) is 4.57 Å². The number of hydrogen-bond acceptors (Lipinski definition) is 3. The van der Waals surface area contributed by atoms with Gasteiger partial charge in [0.15, 0.2) is 0 Å². The summed E-state index contributed by atoms with van der Waals surface area (Å²) in [5.41, 5.74) is 3.60. The van der Waals surface area contributed by atoms with E-state index >= 15 is 0 Å². The predicted octanol–water partition coefficient (Wildman–Crippen LogP) is 1.84. The van der Waals surface area contributed by atoms with Gasteiger partial charge < -0.3 is 10.4 Å². The zero-order valence-electron chi connectivity index (χ0n) is 8.77. The van der Waals surface area contributed by atoms with Crippen LogP contribution in [0.15, 0.2) is 34.7 Å². The van der Waals surface area contributed by atoms with Gasteiger partial charge in [-0.25, -0.2) is 0 Å². The molecule has 1 aromatic carbocycles. The summed E-state index contributed by atoms with van der Waals surface area (Å²) in [6, 6.07) is 8.42. The Morgan fingerprint density at radius 3 is 2.47 bits per heavy atom. The molecule has 4 heteroatoms. The molecule has 2 aromatic rings. The minimum absolute atomic E-state index is 0.825. The first-order valence-corrected chi connectivity index (χ1v) is 5.56. The fourth-order valence-corrected chi connectivity index (χ4v) is 2.30. The number of thiazole rings is 1. The smallest absolute Gasteiger partial charge is 0.207 e. The van der Waals surface area contributed by atoms with Crippen molar-refractivity contribution >= 4 is 11.3 Å². The van der Waals surface area contributed by atoms with Gasteiger partial charge in [-0.15, -0.1) is 11.3 Å². The van der Waals surface area contributed by atoms with Crippen molar-refractivity contribution in [2.24, 2.45) is 18.0 Å². The molecule has 0 aliphatic heterocycles. The van der Waals surface area contributed by atoms with Crippen molar-refractivity contribution in [3.05, 3.63) is 40.0 Å². The van der Waals surface area contributed by atoms with Gasteiger partial charge in [-0.3, -0.25) is 0 Å². The van der Waals surface area contributed by atoms with E-state index in [1.165, 1.54) is 11.1 Å². The molecule has 0 fully saturated rings. The maximum Gasteiger partial charge on any atom is 0.207 e. The molecule has 0 aliphatic rings. The van der Waals surface area contributed by atoms with E-state index in [0.29, 0.717) is 0 Å². The molecule has 1 aromatic heterocycles. The lowest BCUT2D eigenvalue weighted by Gasteiger charge is -2.02. The quantitative estimate of drug-likeness (QED) is 0.577. The molecule has 0 atom stereocenters. The van der Waals surface area contributed by atoms with Gasteiger partial charge in [0.05, 0.1) is 5.69 Å². The molecule has 0 saturated heterocycles. The molecule has 78 valence electrons. The lowest BCUT2D eigenvalue weighted by molar-refractivity contribution is 0.862. The highest BCUT2D eigenvalue weighted by atomic mass is 32.1. The standard InChI is InChI=1S/C11H13N3S/c1-8-3-5-9(6-4-8)10-7-15-11(13-12)14(10)2/h3-7H,12H2,1-2H3/b13-11+. The van der Waals surface area contributed by atoms with E-state index in [-0.39, 0.29) is 0 Å². The van der Waals surface area contributed by atoms with E-state index in [1.807, 2.05) is 11.6 Å². The van der Waals surface area contributed by atoms with Gasteiger partial charge >= 0.3 is 0 Å². The highest BCUT2D eigenvalue weighted by Gasteiger charge is 2.03. The third-order valence-electron chi connectivity index (χ3n) is 2.38. The molecule has 15 heavy (non-hydrogen) atoms. The summed E-state index contributed by atoms with van der Waals surface area (Å²) < 4.78 is 2.00. The molecule has 0 bridgehead atoms. The number of benzene rings is 1.